The van der Waals surface area contributed by atoms with E-state index in [0.29, 0.717) is 31.1 Å². The first-order valence-electron chi connectivity index (χ1n) is 17.6. The van der Waals surface area contributed by atoms with Gasteiger partial charge < -0.3 is 19.8 Å². The quantitative estimate of drug-likeness (QED) is 0.261. The van der Waals surface area contributed by atoms with Crippen molar-refractivity contribution in [3.63, 3.8) is 0 Å². The van der Waals surface area contributed by atoms with Crippen LogP contribution in [0.1, 0.15) is 101 Å². The van der Waals surface area contributed by atoms with Gasteiger partial charge in [-0.3, -0.25) is 9.69 Å². The molecule has 2 N–H and O–H groups in total. The van der Waals surface area contributed by atoms with E-state index in [9.17, 15) is 15.0 Å². The zero-order valence-electron chi connectivity index (χ0n) is 26.8. The number of phenolic OH excluding ortho intramolecular Hbond substituents is 1. The Bertz CT molecular complexity index is 1340. The number of benzene rings is 2. The van der Waals surface area contributed by atoms with Crippen molar-refractivity contribution < 1.29 is 19.7 Å². The van der Waals surface area contributed by atoms with Crippen molar-refractivity contribution in [3.05, 3.63) is 59.2 Å². The molecule has 0 unspecified atom stereocenters. The first kappa shape index (κ1) is 30.1. The molecule has 1 saturated heterocycles. The SMILES string of the molecule is CC(C)CN(C(=O)CCCCCCCc1ccccc1)[C@@H]1CC[C@@]2(O)[C@@H]3Cc4ccc(O)c5c4[C@@]2(CCN3CC2CC2)[C@H]1O5. The van der Waals surface area contributed by atoms with E-state index in [2.05, 4.69) is 60.0 Å². The number of hydrogen-bond acceptors (Lipinski definition) is 5. The summed E-state index contributed by atoms with van der Waals surface area (Å²) in [7, 11) is 0. The molecule has 2 saturated carbocycles. The molecule has 6 heteroatoms. The lowest BCUT2D eigenvalue weighted by molar-refractivity contribution is -0.202. The average molecular weight is 601 g/mol. The summed E-state index contributed by atoms with van der Waals surface area (Å²) in [6, 6.07) is 14.5. The van der Waals surface area contributed by atoms with Crippen LogP contribution in [0.5, 0.6) is 11.5 Å². The Morgan fingerprint density at radius 2 is 1.80 bits per heavy atom. The van der Waals surface area contributed by atoms with E-state index in [-0.39, 0.29) is 29.8 Å². The molecular formula is C38H52N2O4. The second-order valence-corrected chi connectivity index (χ2v) is 15.1. The predicted molar refractivity (Wildman–Crippen MR) is 173 cm³/mol. The molecule has 2 aliphatic heterocycles. The molecular weight excluding hydrogens is 548 g/mol. The molecule has 44 heavy (non-hydrogen) atoms. The van der Waals surface area contributed by atoms with Gasteiger partial charge in [-0.2, -0.15) is 0 Å². The van der Waals surface area contributed by atoms with E-state index in [1.54, 1.807) is 6.07 Å². The van der Waals surface area contributed by atoms with Crippen LogP contribution in [-0.2, 0) is 23.1 Å². The fraction of sp³-hybridized carbons (Fsp3) is 0.658. The zero-order chi connectivity index (χ0) is 30.5. The predicted octanol–water partition coefficient (Wildman–Crippen LogP) is 6.39. The molecule has 0 radical (unpaired) electrons. The van der Waals surface area contributed by atoms with Gasteiger partial charge in [0.1, 0.15) is 6.10 Å². The van der Waals surface area contributed by atoms with E-state index in [1.165, 1.54) is 36.8 Å². The summed E-state index contributed by atoms with van der Waals surface area (Å²) in [6.45, 7) is 7.08. The van der Waals surface area contributed by atoms with E-state index in [4.69, 9.17) is 4.74 Å². The van der Waals surface area contributed by atoms with E-state index in [0.717, 1.165) is 69.5 Å². The number of aryl methyl sites for hydroxylation is 1. The van der Waals surface area contributed by atoms with Crippen LogP contribution in [-0.4, -0.2) is 69.3 Å². The molecule has 238 valence electrons. The Hall–Kier alpha value is -2.57. The van der Waals surface area contributed by atoms with Crippen LogP contribution in [0.15, 0.2) is 42.5 Å². The monoisotopic (exact) mass is 600 g/mol. The number of phenols is 1. The van der Waals surface area contributed by atoms with Gasteiger partial charge in [0, 0.05) is 31.1 Å². The molecule has 0 aromatic heterocycles. The van der Waals surface area contributed by atoms with Gasteiger partial charge >= 0.3 is 0 Å². The van der Waals surface area contributed by atoms with Crippen molar-refractivity contribution in [2.75, 3.05) is 19.6 Å². The fourth-order valence-electron chi connectivity index (χ4n) is 9.51. The van der Waals surface area contributed by atoms with E-state index < -0.39 is 11.0 Å². The molecule has 3 aliphatic carbocycles. The number of hydrogen-bond donors (Lipinski definition) is 2. The minimum atomic E-state index is -0.917. The highest BCUT2D eigenvalue weighted by Crippen LogP contribution is 2.66. The number of unbranched alkanes of at least 4 members (excludes halogenated alkanes) is 4. The molecule has 1 amide bonds. The van der Waals surface area contributed by atoms with Gasteiger partial charge in [-0.1, -0.05) is 69.5 Å². The number of carbonyl (C=O) groups excluding carboxylic acids is 1. The number of rotatable bonds is 13. The largest absolute Gasteiger partial charge is 0.504 e. The lowest BCUT2D eigenvalue weighted by Gasteiger charge is -2.65. The van der Waals surface area contributed by atoms with Gasteiger partial charge in [0.25, 0.3) is 0 Å². The second kappa shape index (κ2) is 12.0. The van der Waals surface area contributed by atoms with E-state index in [1.807, 2.05) is 0 Å². The highest BCUT2D eigenvalue weighted by molar-refractivity contribution is 5.77. The molecule has 3 fully saturated rings. The summed E-state index contributed by atoms with van der Waals surface area (Å²) in [4.78, 5) is 18.7. The third-order valence-electron chi connectivity index (χ3n) is 11.7. The lowest BCUT2D eigenvalue weighted by Crippen LogP contribution is -2.78. The van der Waals surface area contributed by atoms with Crippen molar-refractivity contribution in [1.82, 2.24) is 9.80 Å². The van der Waals surface area contributed by atoms with Crippen LogP contribution in [0.3, 0.4) is 0 Å². The van der Waals surface area contributed by atoms with Gasteiger partial charge in [0.05, 0.1) is 17.1 Å². The van der Waals surface area contributed by atoms with Gasteiger partial charge in [0.15, 0.2) is 11.5 Å². The first-order chi connectivity index (χ1) is 21.3. The number of aliphatic hydroxyl groups is 1. The minimum Gasteiger partial charge on any atom is -0.504 e. The molecule has 2 bridgehead atoms. The second-order valence-electron chi connectivity index (χ2n) is 15.1. The standard InChI is InChI=1S/C38H52N2O4/c1-26(2)24-40(33(42)14-10-5-3-4-7-11-27-12-8-6-9-13-27)30-19-20-38(43)32-23-29-17-18-31(41)35-34(29)37(38,36(30)44-35)21-22-39(32)25-28-15-16-28/h6,8-9,12-13,17-18,26,28,30,32,36,41,43H,3-5,7,10-11,14-16,19-25H2,1-2H3/t30-,32+,36+,37+,38-/m1/s1. The Balaban J connectivity index is 1.07. The highest BCUT2D eigenvalue weighted by Gasteiger charge is 2.73. The van der Waals surface area contributed by atoms with Crippen molar-refractivity contribution in [3.8, 4) is 11.5 Å². The van der Waals surface area contributed by atoms with Crippen LogP contribution >= 0.6 is 0 Å². The molecule has 2 aromatic rings. The van der Waals surface area contributed by atoms with Crippen LogP contribution in [0.4, 0.5) is 0 Å². The Morgan fingerprint density at radius 3 is 2.57 bits per heavy atom. The summed E-state index contributed by atoms with van der Waals surface area (Å²) < 4.78 is 6.81. The van der Waals surface area contributed by atoms with Gasteiger partial charge in [-0.25, -0.2) is 0 Å². The summed E-state index contributed by atoms with van der Waals surface area (Å²) in [6.07, 6.45) is 12.5. The maximum absolute atomic E-state index is 14.0. The minimum absolute atomic E-state index is 0.0584. The average Bonchev–Trinajstić information content (AvgIpc) is 3.75. The number of amides is 1. The van der Waals surface area contributed by atoms with Crippen LogP contribution in [0.25, 0.3) is 0 Å². The summed E-state index contributed by atoms with van der Waals surface area (Å²) in [5.74, 6) is 2.06. The third-order valence-corrected chi connectivity index (χ3v) is 11.7. The maximum Gasteiger partial charge on any atom is 0.222 e. The maximum atomic E-state index is 14.0. The van der Waals surface area contributed by atoms with Crippen molar-refractivity contribution in [1.29, 1.82) is 0 Å². The van der Waals surface area contributed by atoms with Gasteiger partial charge in [0.2, 0.25) is 5.91 Å². The Labute approximate surface area is 263 Å². The van der Waals surface area contributed by atoms with Gasteiger partial charge in [-0.05, 0) is 93.4 Å². The first-order valence-corrected chi connectivity index (χ1v) is 17.6. The Kier molecular flexibility index (Phi) is 8.20. The molecule has 5 atom stereocenters. The normalized spacial score (nSPS) is 30.2. The van der Waals surface area contributed by atoms with Crippen molar-refractivity contribution >= 4 is 5.91 Å². The molecule has 5 aliphatic rings. The van der Waals surface area contributed by atoms with Crippen LogP contribution < -0.4 is 4.74 Å². The Morgan fingerprint density at radius 1 is 1.02 bits per heavy atom. The zero-order valence-corrected chi connectivity index (χ0v) is 26.8. The van der Waals surface area contributed by atoms with E-state index >= 15 is 0 Å². The smallest absolute Gasteiger partial charge is 0.222 e. The summed E-state index contributed by atoms with van der Waals surface area (Å²) in [5.41, 5.74) is 2.16. The number of likely N-dealkylation sites (tertiary alicyclic amines) is 1. The molecule has 7 rings (SSSR count). The summed E-state index contributed by atoms with van der Waals surface area (Å²) in [5, 5.41) is 23.9. The number of carbonyl (C=O) groups is 1. The number of piperidine rings is 1. The number of nitrogens with zero attached hydrogens (tertiary/aromatic N) is 2. The topological polar surface area (TPSA) is 73.2 Å². The fourth-order valence-corrected chi connectivity index (χ4v) is 9.51. The van der Waals surface area contributed by atoms with Crippen molar-refractivity contribution in [2.45, 2.75) is 127 Å². The lowest BCUT2D eigenvalue weighted by atomic mass is 9.48. The molecule has 2 heterocycles. The van der Waals surface area contributed by atoms with Crippen molar-refractivity contribution in [2.24, 2.45) is 11.8 Å². The van der Waals surface area contributed by atoms with Crippen LogP contribution in [0, 0.1) is 11.8 Å². The number of aromatic hydroxyl groups is 1. The van der Waals surface area contributed by atoms with Crippen LogP contribution in [0.2, 0.25) is 0 Å². The summed E-state index contributed by atoms with van der Waals surface area (Å²) >= 11 is 0. The molecule has 1 spiro atoms. The number of ether oxygens (including phenoxy) is 1. The van der Waals surface area contributed by atoms with Gasteiger partial charge in [-0.15, -0.1) is 0 Å². The third kappa shape index (κ3) is 5.14. The molecule has 2 aromatic carbocycles. The molecule has 6 nitrogen and oxygen atoms in total. The highest BCUT2D eigenvalue weighted by atomic mass is 16.5.